The van der Waals surface area contributed by atoms with Gasteiger partial charge in [-0.2, -0.15) is 0 Å². The molecule has 2 nitrogen and oxygen atoms in total. The molecule has 100 valence electrons. The lowest BCUT2D eigenvalue weighted by atomic mass is 10.2. The first kappa shape index (κ1) is 14.4. The van der Waals surface area contributed by atoms with Crippen molar-refractivity contribution in [3.8, 4) is 5.75 Å². The average molecular weight is 385 g/mol. The molecule has 0 bridgehead atoms. The molecule has 0 N–H and O–H groups in total. The number of nitrogens with zero attached hydrogens (tertiary/aromatic N) is 1. The van der Waals surface area contributed by atoms with Gasteiger partial charge in [0.1, 0.15) is 5.75 Å². The molecule has 0 aromatic heterocycles. The molecule has 2 aromatic carbocycles. The SMILES string of the molecule is COc1ccc(N(C)c2ccc(CBr)c(Br)c2)cc1. The van der Waals surface area contributed by atoms with Crippen molar-refractivity contribution in [2.75, 3.05) is 19.1 Å². The van der Waals surface area contributed by atoms with Crippen molar-refractivity contribution in [3.63, 3.8) is 0 Å². The summed E-state index contributed by atoms with van der Waals surface area (Å²) in [6, 6.07) is 14.4. The van der Waals surface area contributed by atoms with E-state index in [4.69, 9.17) is 4.74 Å². The molecule has 4 heteroatoms. The van der Waals surface area contributed by atoms with Gasteiger partial charge in [0.25, 0.3) is 0 Å². The zero-order valence-electron chi connectivity index (χ0n) is 10.9. The highest BCUT2D eigenvalue weighted by Gasteiger charge is 2.06. The third kappa shape index (κ3) is 3.31. The summed E-state index contributed by atoms with van der Waals surface area (Å²) in [5.74, 6) is 0.868. The Morgan fingerprint density at radius 1 is 1.05 bits per heavy atom. The number of anilines is 2. The molecule has 0 aliphatic heterocycles. The number of hydrogen-bond acceptors (Lipinski definition) is 2. The fourth-order valence-electron chi connectivity index (χ4n) is 1.81. The monoisotopic (exact) mass is 383 g/mol. The van der Waals surface area contributed by atoms with Crippen LogP contribution < -0.4 is 9.64 Å². The van der Waals surface area contributed by atoms with E-state index < -0.39 is 0 Å². The van der Waals surface area contributed by atoms with Gasteiger partial charge >= 0.3 is 0 Å². The Bertz CT molecular complexity index is 555. The number of hydrogen-bond donors (Lipinski definition) is 0. The fourth-order valence-corrected chi connectivity index (χ4v) is 3.18. The van der Waals surface area contributed by atoms with E-state index in [1.165, 1.54) is 5.56 Å². The first-order valence-corrected chi connectivity index (χ1v) is 7.79. The van der Waals surface area contributed by atoms with Crippen molar-refractivity contribution in [3.05, 3.63) is 52.5 Å². The van der Waals surface area contributed by atoms with Gasteiger partial charge in [-0.3, -0.25) is 0 Å². The highest BCUT2D eigenvalue weighted by atomic mass is 79.9. The average Bonchev–Trinajstić information content (AvgIpc) is 2.46. The van der Waals surface area contributed by atoms with Crippen molar-refractivity contribution < 1.29 is 4.74 Å². The minimum absolute atomic E-state index is 0.847. The van der Waals surface area contributed by atoms with Gasteiger partial charge in [-0.15, -0.1) is 0 Å². The maximum Gasteiger partial charge on any atom is 0.119 e. The highest BCUT2D eigenvalue weighted by Crippen LogP contribution is 2.30. The number of alkyl halides is 1. The van der Waals surface area contributed by atoms with Crippen LogP contribution in [0.1, 0.15) is 5.56 Å². The number of rotatable bonds is 4. The molecule has 19 heavy (non-hydrogen) atoms. The van der Waals surface area contributed by atoms with Crippen LogP contribution in [0.5, 0.6) is 5.75 Å². The third-order valence-corrected chi connectivity index (χ3v) is 4.37. The topological polar surface area (TPSA) is 12.5 Å². The quantitative estimate of drug-likeness (QED) is 0.678. The van der Waals surface area contributed by atoms with Crippen molar-refractivity contribution in [2.45, 2.75) is 5.33 Å². The van der Waals surface area contributed by atoms with Gasteiger partial charge in [-0.25, -0.2) is 0 Å². The predicted octanol–water partition coefficient (Wildman–Crippen LogP) is 5.12. The molecule has 0 atom stereocenters. The second-order valence-corrected chi connectivity index (χ2v) is 5.58. The number of halogens is 2. The summed E-state index contributed by atoms with van der Waals surface area (Å²) in [5, 5.41) is 0.847. The molecule has 2 rings (SSSR count). The van der Waals surface area contributed by atoms with E-state index in [-0.39, 0.29) is 0 Å². The van der Waals surface area contributed by atoms with Crippen LogP contribution >= 0.6 is 31.9 Å². The Morgan fingerprint density at radius 3 is 2.21 bits per heavy atom. The van der Waals surface area contributed by atoms with E-state index in [1.54, 1.807) is 7.11 Å². The van der Waals surface area contributed by atoms with Crippen LogP contribution in [0.15, 0.2) is 46.9 Å². The Morgan fingerprint density at radius 2 is 1.68 bits per heavy atom. The summed E-state index contributed by atoms with van der Waals surface area (Å²) in [7, 11) is 3.73. The molecular weight excluding hydrogens is 370 g/mol. The van der Waals surface area contributed by atoms with E-state index >= 15 is 0 Å². The number of methoxy groups -OCH3 is 1. The smallest absolute Gasteiger partial charge is 0.119 e. The van der Waals surface area contributed by atoms with Gasteiger partial charge in [0.15, 0.2) is 0 Å². The van der Waals surface area contributed by atoms with Crippen LogP contribution in [0.4, 0.5) is 11.4 Å². The Kier molecular flexibility index (Phi) is 4.88. The molecule has 0 amide bonds. The van der Waals surface area contributed by atoms with Crippen LogP contribution in [-0.2, 0) is 5.33 Å². The molecule has 2 aromatic rings. The van der Waals surface area contributed by atoms with Crippen LogP contribution in [0, 0.1) is 0 Å². The van der Waals surface area contributed by atoms with Crippen LogP contribution in [-0.4, -0.2) is 14.2 Å². The van der Waals surface area contributed by atoms with Crippen LogP contribution in [0.25, 0.3) is 0 Å². The van der Waals surface area contributed by atoms with Crippen molar-refractivity contribution in [1.29, 1.82) is 0 Å². The largest absolute Gasteiger partial charge is 0.497 e. The van der Waals surface area contributed by atoms with Crippen molar-refractivity contribution >= 4 is 43.2 Å². The molecule has 0 fully saturated rings. The summed E-state index contributed by atoms with van der Waals surface area (Å²) in [4.78, 5) is 2.14. The molecule has 0 radical (unpaired) electrons. The van der Waals surface area contributed by atoms with Crippen LogP contribution in [0.3, 0.4) is 0 Å². The maximum atomic E-state index is 5.17. The van der Waals surface area contributed by atoms with E-state index in [0.29, 0.717) is 0 Å². The summed E-state index contributed by atoms with van der Waals surface area (Å²) >= 11 is 7.07. The minimum Gasteiger partial charge on any atom is -0.497 e. The van der Waals surface area contributed by atoms with Gasteiger partial charge in [-0.05, 0) is 42.0 Å². The zero-order chi connectivity index (χ0) is 13.8. The lowest BCUT2D eigenvalue weighted by molar-refractivity contribution is 0.415. The van der Waals surface area contributed by atoms with Crippen molar-refractivity contribution in [1.82, 2.24) is 0 Å². The molecule has 0 saturated carbocycles. The first-order chi connectivity index (χ1) is 9.15. The van der Waals surface area contributed by atoms with Gasteiger partial charge in [0, 0.05) is 28.2 Å². The Hall–Kier alpha value is -1.000. The van der Waals surface area contributed by atoms with E-state index in [9.17, 15) is 0 Å². The lowest BCUT2D eigenvalue weighted by Gasteiger charge is -2.20. The molecule has 0 heterocycles. The molecular formula is C15H15Br2NO. The predicted molar refractivity (Wildman–Crippen MR) is 87.8 cm³/mol. The number of benzene rings is 2. The van der Waals surface area contributed by atoms with Gasteiger partial charge in [-0.1, -0.05) is 37.9 Å². The summed E-state index contributed by atoms with van der Waals surface area (Å²) < 4.78 is 6.29. The van der Waals surface area contributed by atoms with Crippen molar-refractivity contribution in [2.24, 2.45) is 0 Å². The lowest BCUT2D eigenvalue weighted by Crippen LogP contribution is -2.09. The first-order valence-electron chi connectivity index (χ1n) is 5.88. The molecule has 0 spiro atoms. The molecule has 0 aliphatic carbocycles. The third-order valence-electron chi connectivity index (χ3n) is 3.03. The van der Waals surface area contributed by atoms with E-state index in [1.807, 2.05) is 24.3 Å². The molecule has 0 saturated heterocycles. The second kappa shape index (κ2) is 6.44. The Labute approximate surface area is 130 Å². The normalized spacial score (nSPS) is 10.3. The highest BCUT2D eigenvalue weighted by molar-refractivity contribution is 9.10. The van der Waals surface area contributed by atoms with Gasteiger partial charge < -0.3 is 9.64 Å². The zero-order valence-corrected chi connectivity index (χ0v) is 14.0. The molecule has 0 unspecified atom stereocenters. The van der Waals surface area contributed by atoms with Gasteiger partial charge in [0.05, 0.1) is 7.11 Å². The maximum absolute atomic E-state index is 5.17. The second-order valence-electron chi connectivity index (χ2n) is 4.17. The summed E-state index contributed by atoms with van der Waals surface area (Å²) in [6.45, 7) is 0. The minimum atomic E-state index is 0.847. The van der Waals surface area contributed by atoms with E-state index in [0.717, 1.165) is 26.9 Å². The number of ether oxygens (including phenoxy) is 1. The standard InChI is InChI=1S/C15H15Br2NO/c1-18(12-5-7-14(19-2)8-6-12)13-4-3-11(10-16)15(17)9-13/h3-9H,10H2,1-2H3. The summed E-state index contributed by atoms with van der Waals surface area (Å²) in [5.41, 5.74) is 3.51. The Balaban J connectivity index is 2.27. The van der Waals surface area contributed by atoms with Crippen LogP contribution in [0.2, 0.25) is 0 Å². The molecule has 0 aliphatic rings. The van der Waals surface area contributed by atoms with E-state index in [2.05, 4.69) is 62.0 Å². The summed E-state index contributed by atoms with van der Waals surface area (Å²) in [6.07, 6.45) is 0. The van der Waals surface area contributed by atoms with Gasteiger partial charge in [0.2, 0.25) is 0 Å². The fraction of sp³-hybridized carbons (Fsp3) is 0.200.